The van der Waals surface area contributed by atoms with Crippen LogP contribution in [0.25, 0.3) is 0 Å². The lowest BCUT2D eigenvalue weighted by Gasteiger charge is -2.16. The molecule has 0 unspecified atom stereocenters. The van der Waals surface area contributed by atoms with E-state index in [1.165, 1.54) is 11.3 Å². The van der Waals surface area contributed by atoms with Crippen molar-refractivity contribution in [1.29, 1.82) is 0 Å². The van der Waals surface area contributed by atoms with Crippen LogP contribution >= 0.6 is 11.6 Å². The molecular weight excluding hydrogens is 170 g/mol. The van der Waals surface area contributed by atoms with Gasteiger partial charge < -0.3 is 4.90 Å². The van der Waals surface area contributed by atoms with Gasteiger partial charge in [-0.3, -0.25) is 0 Å². The average Bonchev–Trinajstić information content (AvgIpc) is 1.96. The van der Waals surface area contributed by atoms with E-state index in [0.29, 0.717) is 0 Å². The van der Waals surface area contributed by atoms with E-state index in [1.807, 2.05) is 27.1 Å². The lowest BCUT2D eigenvalue weighted by Crippen LogP contribution is -2.10. The second kappa shape index (κ2) is 3.36. The Kier molecular flexibility index (Phi) is 2.63. The van der Waals surface area contributed by atoms with E-state index in [9.17, 15) is 0 Å². The topological polar surface area (TPSA) is 3.24 Å². The molecule has 66 valence electrons. The van der Waals surface area contributed by atoms with Gasteiger partial charge in [-0.1, -0.05) is 17.7 Å². The first-order valence-electron chi connectivity index (χ1n) is 3.96. The largest absolute Gasteiger partial charge is 0.377 e. The first-order chi connectivity index (χ1) is 5.52. The lowest BCUT2D eigenvalue weighted by molar-refractivity contribution is 1.11. The van der Waals surface area contributed by atoms with Crippen molar-refractivity contribution in [3.63, 3.8) is 0 Å². The molecular formula is C10H14ClN. The SMILES string of the molecule is Cc1cc(C)c(N(C)C)cc1Cl. The molecule has 0 atom stereocenters. The smallest absolute Gasteiger partial charge is 0.0455 e. The number of halogens is 1. The summed E-state index contributed by atoms with van der Waals surface area (Å²) < 4.78 is 0. The Balaban J connectivity index is 3.23. The molecule has 1 aromatic rings. The minimum absolute atomic E-state index is 0.837. The van der Waals surface area contributed by atoms with E-state index in [4.69, 9.17) is 11.6 Å². The Morgan fingerprint density at radius 1 is 1.08 bits per heavy atom. The van der Waals surface area contributed by atoms with Crippen LogP contribution in [0.4, 0.5) is 5.69 Å². The maximum atomic E-state index is 6.00. The molecule has 1 nitrogen and oxygen atoms in total. The predicted octanol–water partition coefficient (Wildman–Crippen LogP) is 3.02. The summed E-state index contributed by atoms with van der Waals surface area (Å²) in [5, 5.41) is 0.837. The zero-order valence-corrected chi connectivity index (χ0v) is 8.74. The number of aryl methyl sites for hydroxylation is 2. The van der Waals surface area contributed by atoms with Crippen molar-refractivity contribution >= 4 is 17.3 Å². The van der Waals surface area contributed by atoms with Crippen molar-refractivity contribution in [3.05, 3.63) is 28.3 Å². The maximum Gasteiger partial charge on any atom is 0.0455 e. The van der Waals surface area contributed by atoms with E-state index in [0.717, 1.165) is 10.6 Å². The Morgan fingerprint density at radius 3 is 2.17 bits per heavy atom. The van der Waals surface area contributed by atoms with Gasteiger partial charge in [-0.2, -0.15) is 0 Å². The van der Waals surface area contributed by atoms with Crippen LogP contribution in [-0.2, 0) is 0 Å². The van der Waals surface area contributed by atoms with Gasteiger partial charge in [0.1, 0.15) is 0 Å². The molecule has 12 heavy (non-hydrogen) atoms. The van der Waals surface area contributed by atoms with E-state index >= 15 is 0 Å². The van der Waals surface area contributed by atoms with E-state index in [1.54, 1.807) is 0 Å². The molecule has 1 aromatic carbocycles. The third-order valence-corrected chi connectivity index (χ3v) is 2.37. The van der Waals surface area contributed by atoms with Crippen molar-refractivity contribution < 1.29 is 0 Å². The maximum absolute atomic E-state index is 6.00. The Morgan fingerprint density at radius 2 is 1.67 bits per heavy atom. The zero-order valence-electron chi connectivity index (χ0n) is 7.98. The van der Waals surface area contributed by atoms with Gasteiger partial charge in [0, 0.05) is 24.8 Å². The summed E-state index contributed by atoms with van der Waals surface area (Å²) in [5.74, 6) is 0. The molecule has 0 heterocycles. The highest BCUT2D eigenvalue weighted by molar-refractivity contribution is 6.31. The van der Waals surface area contributed by atoms with E-state index in [-0.39, 0.29) is 0 Å². The van der Waals surface area contributed by atoms with Gasteiger partial charge in [0.25, 0.3) is 0 Å². The highest BCUT2D eigenvalue weighted by Crippen LogP contribution is 2.25. The fourth-order valence-electron chi connectivity index (χ4n) is 1.30. The van der Waals surface area contributed by atoms with Crippen LogP contribution in [0.1, 0.15) is 11.1 Å². The molecule has 0 saturated carbocycles. The summed E-state index contributed by atoms with van der Waals surface area (Å²) in [4.78, 5) is 2.07. The van der Waals surface area contributed by atoms with Crippen LogP contribution in [-0.4, -0.2) is 14.1 Å². The third kappa shape index (κ3) is 1.72. The first kappa shape index (κ1) is 9.40. The number of benzene rings is 1. The molecule has 0 aliphatic rings. The number of anilines is 1. The van der Waals surface area contributed by atoms with Gasteiger partial charge in [0.05, 0.1) is 0 Å². The molecule has 0 saturated heterocycles. The van der Waals surface area contributed by atoms with Crippen LogP contribution in [0, 0.1) is 13.8 Å². The molecule has 0 bridgehead atoms. The summed E-state index contributed by atoms with van der Waals surface area (Å²) in [6, 6.07) is 4.11. The van der Waals surface area contributed by atoms with Crippen LogP contribution in [0.3, 0.4) is 0 Å². The van der Waals surface area contributed by atoms with Gasteiger partial charge in [-0.05, 0) is 31.0 Å². The third-order valence-electron chi connectivity index (χ3n) is 1.96. The lowest BCUT2D eigenvalue weighted by atomic mass is 10.1. The molecule has 0 aliphatic heterocycles. The number of rotatable bonds is 1. The standard InChI is InChI=1S/C10H14ClN/c1-7-5-8(2)10(12(3)4)6-9(7)11/h5-6H,1-4H3. The van der Waals surface area contributed by atoms with Crippen molar-refractivity contribution in [2.75, 3.05) is 19.0 Å². The monoisotopic (exact) mass is 183 g/mol. The van der Waals surface area contributed by atoms with Crippen LogP contribution in [0.15, 0.2) is 12.1 Å². The summed E-state index contributed by atoms with van der Waals surface area (Å²) in [6.45, 7) is 4.12. The van der Waals surface area contributed by atoms with Crippen LogP contribution in [0.5, 0.6) is 0 Å². The van der Waals surface area contributed by atoms with Gasteiger partial charge in [0.2, 0.25) is 0 Å². The quantitative estimate of drug-likeness (QED) is 0.647. The summed E-state index contributed by atoms with van der Waals surface area (Å²) in [6.07, 6.45) is 0. The van der Waals surface area contributed by atoms with E-state index < -0.39 is 0 Å². The fourth-order valence-corrected chi connectivity index (χ4v) is 1.46. The van der Waals surface area contributed by atoms with Gasteiger partial charge in [-0.15, -0.1) is 0 Å². The zero-order chi connectivity index (χ0) is 9.30. The molecule has 1 rings (SSSR count). The predicted molar refractivity (Wildman–Crippen MR) is 55.3 cm³/mol. The fraction of sp³-hybridized carbons (Fsp3) is 0.400. The number of hydrogen-bond acceptors (Lipinski definition) is 1. The Labute approximate surface area is 79.0 Å². The highest BCUT2D eigenvalue weighted by atomic mass is 35.5. The van der Waals surface area contributed by atoms with Gasteiger partial charge >= 0.3 is 0 Å². The molecule has 0 aromatic heterocycles. The molecule has 0 fully saturated rings. The molecule has 2 heteroatoms. The number of nitrogens with zero attached hydrogens (tertiary/aromatic N) is 1. The van der Waals surface area contributed by atoms with Crippen molar-refractivity contribution in [2.45, 2.75) is 13.8 Å². The van der Waals surface area contributed by atoms with Crippen molar-refractivity contribution in [3.8, 4) is 0 Å². The second-order valence-corrected chi connectivity index (χ2v) is 3.69. The summed E-state index contributed by atoms with van der Waals surface area (Å²) in [7, 11) is 4.04. The highest BCUT2D eigenvalue weighted by Gasteiger charge is 2.03. The normalized spacial score (nSPS) is 10.1. The minimum Gasteiger partial charge on any atom is -0.377 e. The Bertz CT molecular complexity index is 292. The number of hydrogen-bond donors (Lipinski definition) is 0. The van der Waals surface area contributed by atoms with E-state index in [2.05, 4.69) is 17.9 Å². The molecule has 0 radical (unpaired) electrons. The summed E-state index contributed by atoms with van der Waals surface area (Å²) >= 11 is 6.00. The molecule has 0 N–H and O–H groups in total. The molecule has 0 spiro atoms. The Hall–Kier alpha value is -0.690. The van der Waals surface area contributed by atoms with Crippen LogP contribution in [0.2, 0.25) is 5.02 Å². The average molecular weight is 184 g/mol. The van der Waals surface area contributed by atoms with Gasteiger partial charge in [0.15, 0.2) is 0 Å². The first-order valence-corrected chi connectivity index (χ1v) is 4.34. The van der Waals surface area contributed by atoms with Gasteiger partial charge in [-0.25, -0.2) is 0 Å². The summed E-state index contributed by atoms with van der Waals surface area (Å²) in [5.41, 5.74) is 3.59. The minimum atomic E-state index is 0.837. The van der Waals surface area contributed by atoms with Crippen molar-refractivity contribution in [1.82, 2.24) is 0 Å². The van der Waals surface area contributed by atoms with Crippen molar-refractivity contribution in [2.24, 2.45) is 0 Å². The second-order valence-electron chi connectivity index (χ2n) is 3.28. The molecule has 0 amide bonds. The molecule has 0 aliphatic carbocycles. The van der Waals surface area contributed by atoms with Crippen LogP contribution < -0.4 is 4.90 Å².